The lowest BCUT2D eigenvalue weighted by Gasteiger charge is -2.31. The van der Waals surface area contributed by atoms with Crippen molar-refractivity contribution in [2.75, 3.05) is 11.9 Å². The molecule has 0 bridgehead atoms. The Labute approximate surface area is 127 Å². The first kappa shape index (κ1) is 14.4. The van der Waals surface area contributed by atoms with Crippen molar-refractivity contribution in [3.63, 3.8) is 0 Å². The quantitative estimate of drug-likeness (QED) is 0.894. The highest BCUT2D eigenvalue weighted by molar-refractivity contribution is 5.81. The molecule has 0 saturated heterocycles. The fraction of sp³-hybridized carbons (Fsp3) is 0.611. The maximum atomic E-state index is 12.5. The Morgan fingerprint density at radius 2 is 2.00 bits per heavy atom. The minimum Gasteiger partial charge on any atom is -0.384 e. The number of hydrogen-bond donors (Lipinski definition) is 2. The van der Waals surface area contributed by atoms with Gasteiger partial charge < -0.3 is 10.6 Å². The van der Waals surface area contributed by atoms with Gasteiger partial charge in [0.25, 0.3) is 0 Å². The third-order valence-electron chi connectivity index (χ3n) is 5.12. The SMILES string of the molecule is CC(NC(=O)C1CNc2ccccc2C1)C1CCCCC1. The summed E-state index contributed by atoms with van der Waals surface area (Å²) in [5, 5.41) is 6.66. The molecule has 0 radical (unpaired) electrons. The summed E-state index contributed by atoms with van der Waals surface area (Å²) in [6.45, 7) is 2.93. The average molecular weight is 286 g/mol. The van der Waals surface area contributed by atoms with Gasteiger partial charge in [-0.1, -0.05) is 37.5 Å². The molecule has 1 aromatic carbocycles. The minimum atomic E-state index is 0.0611. The molecule has 2 atom stereocenters. The van der Waals surface area contributed by atoms with E-state index in [1.165, 1.54) is 43.4 Å². The smallest absolute Gasteiger partial charge is 0.225 e. The summed E-state index contributed by atoms with van der Waals surface area (Å²) < 4.78 is 0. The van der Waals surface area contributed by atoms with E-state index in [2.05, 4.69) is 29.7 Å². The Kier molecular flexibility index (Phi) is 4.47. The number of rotatable bonds is 3. The monoisotopic (exact) mass is 286 g/mol. The molecule has 3 heteroatoms. The van der Waals surface area contributed by atoms with E-state index >= 15 is 0 Å². The Bertz CT molecular complexity index is 494. The number of para-hydroxylation sites is 1. The first-order valence-electron chi connectivity index (χ1n) is 8.36. The van der Waals surface area contributed by atoms with Crippen LogP contribution in [0.5, 0.6) is 0 Å². The average Bonchev–Trinajstić information content (AvgIpc) is 2.55. The van der Waals surface area contributed by atoms with Crippen LogP contribution >= 0.6 is 0 Å². The molecule has 1 heterocycles. The van der Waals surface area contributed by atoms with Gasteiger partial charge in [-0.25, -0.2) is 0 Å². The number of carbonyl (C=O) groups is 1. The Morgan fingerprint density at radius 3 is 2.81 bits per heavy atom. The Morgan fingerprint density at radius 1 is 1.24 bits per heavy atom. The normalized spacial score (nSPS) is 23.8. The van der Waals surface area contributed by atoms with Crippen LogP contribution in [0.4, 0.5) is 5.69 Å². The summed E-state index contributed by atoms with van der Waals surface area (Å²) in [6, 6.07) is 8.61. The zero-order chi connectivity index (χ0) is 14.7. The summed E-state index contributed by atoms with van der Waals surface area (Å²) >= 11 is 0. The van der Waals surface area contributed by atoms with Gasteiger partial charge in [-0.3, -0.25) is 4.79 Å². The number of nitrogens with one attached hydrogen (secondary N) is 2. The number of benzene rings is 1. The summed E-state index contributed by atoms with van der Waals surface area (Å²) in [5.74, 6) is 0.951. The number of amides is 1. The Hall–Kier alpha value is -1.51. The van der Waals surface area contributed by atoms with E-state index in [-0.39, 0.29) is 11.8 Å². The van der Waals surface area contributed by atoms with Crippen LogP contribution in [0.1, 0.15) is 44.6 Å². The summed E-state index contributed by atoms with van der Waals surface area (Å²) in [7, 11) is 0. The van der Waals surface area contributed by atoms with E-state index in [0.29, 0.717) is 12.0 Å². The largest absolute Gasteiger partial charge is 0.384 e. The van der Waals surface area contributed by atoms with E-state index < -0.39 is 0 Å². The Balaban J connectivity index is 1.56. The van der Waals surface area contributed by atoms with E-state index in [4.69, 9.17) is 0 Å². The van der Waals surface area contributed by atoms with Crippen molar-refractivity contribution < 1.29 is 4.79 Å². The maximum absolute atomic E-state index is 12.5. The molecule has 114 valence electrons. The van der Waals surface area contributed by atoms with Gasteiger partial charge in [0, 0.05) is 18.3 Å². The number of anilines is 1. The highest BCUT2D eigenvalue weighted by Gasteiger charge is 2.27. The molecule has 1 aliphatic heterocycles. The third-order valence-corrected chi connectivity index (χ3v) is 5.12. The van der Waals surface area contributed by atoms with E-state index in [9.17, 15) is 4.79 Å². The fourth-order valence-electron chi connectivity index (χ4n) is 3.72. The van der Waals surface area contributed by atoms with Gasteiger partial charge in [0.1, 0.15) is 0 Å². The highest BCUT2D eigenvalue weighted by Crippen LogP contribution is 2.27. The zero-order valence-corrected chi connectivity index (χ0v) is 12.9. The second-order valence-corrected chi connectivity index (χ2v) is 6.63. The van der Waals surface area contributed by atoms with Crippen LogP contribution < -0.4 is 10.6 Å². The molecule has 1 aliphatic carbocycles. The second kappa shape index (κ2) is 6.50. The van der Waals surface area contributed by atoms with E-state index in [1.54, 1.807) is 0 Å². The molecule has 2 aliphatic rings. The lowest BCUT2D eigenvalue weighted by molar-refractivity contribution is -0.125. The van der Waals surface area contributed by atoms with Gasteiger partial charge >= 0.3 is 0 Å². The molecular formula is C18H26N2O. The van der Waals surface area contributed by atoms with Crippen molar-refractivity contribution in [2.24, 2.45) is 11.8 Å². The van der Waals surface area contributed by atoms with Crippen molar-refractivity contribution in [3.8, 4) is 0 Å². The molecular weight excluding hydrogens is 260 g/mol. The van der Waals surface area contributed by atoms with Crippen LogP contribution in [0.2, 0.25) is 0 Å². The lowest BCUT2D eigenvalue weighted by Crippen LogP contribution is -2.45. The van der Waals surface area contributed by atoms with Crippen molar-refractivity contribution >= 4 is 11.6 Å². The van der Waals surface area contributed by atoms with Crippen LogP contribution in [0.3, 0.4) is 0 Å². The standard InChI is InChI=1S/C18H26N2O/c1-13(14-7-3-2-4-8-14)20-18(21)16-11-15-9-5-6-10-17(15)19-12-16/h5-6,9-10,13-14,16,19H,2-4,7-8,11-12H2,1H3,(H,20,21). The van der Waals surface area contributed by atoms with Crippen molar-refractivity contribution in [1.29, 1.82) is 0 Å². The van der Waals surface area contributed by atoms with Crippen LogP contribution in [0.15, 0.2) is 24.3 Å². The van der Waals surface area contributed by atoms with Crippen LogP contribution in [0, 0.1) is 11.8 Å². The van der Waals surface area contributed by atoms with Gasteiger partial charge in [0.2, 0.25) is 5.91 Å². The molecule has 2 N–H and O–H groups in total. The van der Waals surface area contributed by atoms with Gasteiger partial charge in [0.05, 0.1) is 5.92 Å². The van der Waals surface area contributed by atoms with E-state index in [1.807, 2.05) is 12.1 Å². The molecule has 3 nitrogen and oxygen atoms in total. The van der Waals surface area contributed by atoms with Gasteiger partial charge in [0.15, 0.2) is 0 Å². The number of carbonyl (C=O) groups excluding carboxylic acids is 1. The number of hydrogen-bond acceptors (Lipinski definition) is 2. The fourth-order valence-corrected chi connectivity index (χ4v) is 3.72. The molecule has 3 rings (SSSR count). The highest BCUT2D eigenvalue weighted by atomic mass is 16.2. The van der Waals surface area contributed by atoms with Crippen LogP contribution in [0.25, 0.3) is 0 Å². The van der Waals surface area contributed by atoms with Gasteiger partial charge in [-0.2, -0.15) is 0 Å². The molecule has 21 heavy (non-hydrogen) atoms. The lowest BCUT2D eigenvalue weighted by atomic mass is 9.84. The number of fused-ring (bicyclic) bond motifs is 1. The van der Waals surface area contributed by atoms with Crippen molar-refractivity contribution in [1.82, 2.24) is 5.32 Å². The summed E-state index contributed by atoms with van der Waals surface area (Å²) in [6.07, 6.45) is 7.40. The first-order chi connectivity index (χ1) is 10.2. The molecule has 1 aromatic rings. The van der Waals surface area contributed by atoms with Crippen molar-refractivity contribution in [2.45, 2.75) is 51.5 Å². The van der Waals surface area contributed by atoms with Crippen LogP contribution in [-0.4, -0.2) is 18.5 Å². The zero-order valence-electron chi connectivity index (χ0n) is 12.9. The summed E-state index contributed by atoms with van der Waals surface area (Å²) in [5.41, 5.74) is 2.44. The van der Waals surface area contributed by atoms with Gasteiger partial charge in [-0.15, -0.1) is 0 Å². The molecule has 1 saturated carbocycles. The molecule has 0 spiro atoms. The molecule has 1 amide bonds. The van der Waals surface area contributed by atoms with E-state index in [0.717, 1.165) is 13.0 Å². The van der Waals surface area contributed by atoms with Crippen molar-refractivity contribution in [3.05, 3.63) is 29.8 Å². The summed E-state index contributed by atoms with van der Waals surface area (Å²) in [4.78, 5) is 12.5. The molecule has 2 unspecified atom stereocenters. The predicted molar refractivity (Wildman–Crippen MR) is 86.3 cm³/mol. The molecule has 0 aromatic heterocycles. The van der Waals surface area contributed by atoms with Crippen LogP contribution in [-0.2, 0) is 11.2 Å². The predicted octanol–water partition coefficient (Wildman–Crippen LogP) is 3.36. The minimum absolute atomic E-state index is 0.0611. The second-order valence-electron chi connectivity index (χ2n) is 6.63. The van der Waals surface area contributed by atoms with Gasteiger partial charge in [-0.05, 0) is 43.7 Å². The maximum Gasteiger partial charge on any atom is 0.225 e. The molecule has 1 fully saturated rings. The topological polar surface area (TPSA) is 41.1 Å². The third kappa shape index (κ3) is 3.39. The first-order valence-corrected chi connectivity index (χ1v) is 8.36.